The number of hydrogen-bond acceptors (Lipinski definition) is 5. The molecular formula is C22H26N6O. The van der Waals surface area contributed by atoms with E-state index in [2.05, 4.69) is 20.2 Å². The van der Waals surface area contributed by atoms with Gasteiger partial charge in [-0.25, -0.2) is 15.0 Å². The Bertz CT molecular complexity index is 966. The number of carbonyl (C=O) groups excluding carboxylic acids is 1. The fourth-order valence-corrected chi connectivity index (χ4v) is 3.83. The molecule has 0 aliphatic carbocycles. The van der Waals surface area contributed by atoms with Gasteiger partial charge in [0.1, 0.15) is 11.9 Å². The summed E-state index contributed by atoms with van der Waals surface area (Å²) in [4.78, 5) is 29.3. The summed E-state index contributed by atoms with van der Waals surface area (Å²) in [6, 6.07) is 11.5. The zero-order valence-corrected chi connectivity index (χ0v) is 16.9. The van der Waals surface area contributed by atoms with Crippen molar-refractivity contribution < 1.29 is 4.79 Å². The van der Waals surface area contributed by atoms with Crippen molar-refractivity contribution in [3.8, 4) is 5.95 Å². The SMILES string of the molecule is Cc1cc(C(C)(C(=O)Nc2ccccc2)N2CCCCC2)nc(-n2ccnc2)n1. The standard InChI is InChI=1S/C22H26N6O/c1-17-15-19(26-21(24-17)27-14-11-23-16-27)22(2,28-12-7-4-8-13-28)20(29)25-18-9-5-3-6-10-18/h3,5-6,9-11,14-16H,4,7-8,12-13H2,1-2H3,(H,25,29). The lowest BCUT2D eigenvalue weighted by Crippen LogP contribution is -2.54. The molecule has 1 aromatic carbocycles. The Hall–Kier alpha value is -3.06. The molecule has 0 radical (unpaired) electrons. The van der Waals surface area contributed by atoms with E-state index in [4.69, 9.17) is 4.98 Å². The first-order valence-corrected chi connectivity index (χ1v) is 10.0. The molecule has 0 saturated carbocycles. The fourth-order valence-electron chi connectivity index (χ4n) is 3.83. The van der Waals surface area contributed by atoms with Gasteiger partial charge in [0.2, 0.25) is 5.95 Å². The van der Waals surface area contributed by atoms with Crippen LogP contribution in [-0.2, 0) is 10.3 Å². The van der Waals surface area contributed by atoms with Crippen LogP contribution in [0, 0.1) is 6.92 Å². The summed E-state index contributed by atoms with van der Waals surface area (Å²) in [5, 5.41) is 3.09. The number of anilines is 1. The summed E-state index contributed by atoms with van der Waals surface area (Å²) in [6.07, 6.45) is 8.51. The molecule has 3 aromatic rings. The highest BCUT2D eigenvalue weighted by Gasteiger charge is 2.43. The van der Waals surface area contributed by atoms with E-state index in [-0.39, 0.29) is 5.91 Å². The Labute approximate surface area is 170 Å². The largest absolute Gasteiger partial charge is 0.324 e. The number of para-hydroxylation sites is 1. The van der Waals surface area contributed by atoms with Gasteiger partial charge in [-0.05, 0) is 58.0 Å². The molecule has 1 fully saturated rings. The summed E-state index contributed by atoms with van der Waals surface area (Å²) in [5.74, 6) is 0.438. The number of likely N-dealkylation sites (tertiary alicyclic amines) is 1. The quantitative estimate of drug-likeness (QED) is 0.723. The molecule has 1 aliphatic rings. The molecule has 29 heavy (non-hydrogen) atoms. The number of nitrogens with one attached hydrogen (secondary N) is 1. The van der Waals surface area contributed by atoms with Crippen molar-refractivity contribution in [2.24, 2.45) is 0 Å². The van der Waals surface area contributed by atoms with Gasteiger partial charge in [-0.1, -0.05) is 24.6 Å². The number of carbonyl (C=O) groups is 1. The molecule has 1 N–H and O–H groups in total. The molecule has 0 bridgehead atoms. The van der Waals surface area contributed by atoms with Crippen LogP contribution in [0.25, 0.3) is 5.95 Å². The first-order valence-electron chi connectivity index (χ1n) is 10.0. The third kappa shape index (κ3) is 3.91. The van der Waals surface area contributed by atoms with Gasteiger partial charge in [-0.3, -0.25) is 14.3 Å². The van der Waals surface area contributed by atoms with Gasteiger partial charge in [0.25, 0.3) is 5.91 Å². The number of amides is 1. The lowest BCUT2D eigenvalue weighted by Gasteiger charge is -2.41. The van der Waals surface area contributed by atoms with Crippen LogP contribution < -0.4 is 5.32 Å². The number of rotatable bonds is 5. The molecule has 2 aromatic heterocycles. The van der Waals surface area contributed by atoms with E-state index in [9.17, 15) is 4.79 Å². The minimum atomic E-state index is -0.903. The Kier molecular flexibility index (Phi) is 5.40. The molecule has 1 saturated heterocycles. The Morgan fingerprint density at radius 2 is 1.86 bits per heavy atom. The summed E-state index contributed by atoms with van der Waals surface area (Å²) in [6.45, 7) is 5.62. The molecule has 0 spiro atoms. The second-order valence-electron chi connectivity index (χ2n) is 7.60. The maximum absolute atomic E-state index is 13.6. The lowest BCUT2D eigenvalue weighted by atomic mass is 9.90. The molecule has 150 valence electrons. The third-order valence-corrected chi connectivity index (χ3v) is 5.54. The highest BCUT2D eigenvalue weighted by atomic mass is 16.2. The van der Waals surface area contributed by atoms with Gasteiger partial charge < -0.3 is 5.32 Å². The van der Waals surface area contributed by atoms with Crippen molar-refractivity contribution >= 4 is 11.6 Å². The number of piperidine rings is 1. The van der Waals surface area contributed by atoms with Gasteiger partial charge in [-0.15, -0.1) is 0 Å². The summed E-state index contributed by atoms with van der Waals surface area (Å²) in [5.41, 5.74) is 1.39. The number of hydrogen-bond donors (Lipinski definition) is 1. The highest BCUT2D eigenvalue weighted by Crippen LogP contribution is 2.32. The Morgan fingerprint density at radius 1 is 1.10 bits per heavy atom. The first kappa shape index (κ1) is 19.3. The molecule has 1 atom stereocenters. The van der Waals surface area contributed by atoms with Gasteiger partial charge >= 0.3 is 0 Å². The van der Waals surface area contributed by atoms with Crippen LogP contribution in [0.4, 0.5) is 5.69 Å². The Morgan fingerprint density at radius 3 is 2.55 bits per heavy atom. The van der Waals surface area contributed by atoms with Crippen molar-refractivity contribution in [1.82, 2.24) is 24.4 Å². The van der Waals surface area contributed by atoms with Crippen molar-refractivity contribution in [3.63, 3.8) is 0 Å². The average Bonchev–Trinajstić information content (AvgIpc) is 3.29. The predicted octanol–water partition coefficient (Wildman–Crippen LogP) is 3.31. The minimum absolute atomic E-state index is 0.0831. The maximum atomic E-state index is 13.6. The number of imidazole rings is 1. The molecule has 7 heteroatoms. The van der Waals surface area contributed by atoms with Crippen LogP contribution in [0.15, 0.2) is 55.1 Å². The van der Waals surface area contributed by atoms with E-state index in [1.807, 2.05) is 50.2 Å². The van der Waals surface area contributed by atoms with E-state index in [1.54, 1.807) is 23.3 Å². The average molecular weight is 390 g/mol. The Balaban J connectivity index is 1.77. The van der Waals surface area contributed by atoms with Crippen LogP contribution in [0.2, 0.25) is 0 Å². The van der Waals surface area contributed by atoms with E-state index in [1.165, 1.54) is 6.42 Å². The number of aryl methyl sites for hydroxylation is 1. The van der Waals surface area contributed by atoms with Gasteiger partial charge in [0.15, 0.2) is 0 Å². The van der Waals surface area contributed by atoms with Crippen LogP contribution in [0.3, 0.4) is 0 Å². The van der Waals surface area contributed by atoms with Gasteiger partial charge in [0, 0.05) is 23.8 Å². The van der Waals surface area contributed by atoms with Crippen molar-refractivity contribution in [2.45, 2.75) is 38.6 Å². The smallest absolute Gasteiger partial charge is 0.250 e. The van der Waals surface area contributed by atoms with Crippen molar-refractivity contribution in [2.75, 3.05) is 18.4 Å². The van der Waals surface area contributed by atoms with Crippen LogP contribution >= 0.6 is 0 Å². The normalized spacial score (nSPS) is 16.9. The zero-order valence-electron chi connectivity index (χ0n) is 16.9. The van der Waals surface area contributed by atoms with Crippen LogP contribution in [-0.4, -0.2) is 43.4 Å². The minimum Gasteiger partial charge on any atom is -0.324 e. The summed E-state index contributed by atoms with van der Waals surface area (Å²) in [7, 11) is 0. The number of aromatic nitrogens is 4. The van der Waals surface area contributed by atoms with E-state index >= 15 is 0 Å². The van der Waals surface area contributed by atoms with Crippen LogP contribution in [0.5, 0.6) is 0 Å². The predicted molar refractivity (Wildman–Crippen MR) is 112 cm³/mol. The molecule has 7 nitrogen and oxygen atoms in total. The molecule has 3 heterocycles. The second kappa shape index (κ2) is 8.13. The van der Waals surface area contributed by atoms with Gasteiger partial charge in [0.05, 0.1) is 5.69 Å². The van der Waals surface area contributed by atoms with E-state index in [0.717, 1.165) is 37.3 Å². The molecular weight excluding hydrogens is 364 g/mol. The molecule has 1 unspecified atom stereocenters. The monoisotopic (exact) mass is 390 g/mol. The molecule has 1 amide bonds. The van der Waals surface area contributed by atoms with E-state index < -0.39 is 5.54 Å². The highest BCUT2D eigenvalue weighted by molar-refractivity contribution is 5.98. The topological polar surface area (TPSA) is 75.9 Å². The summed E-state index contributed by atoms with van der Waals surface area (Å²) < 4.78 is 1.77. The first-order chi connectivity index (χ1) is 14.1. The van der Waals surface area contributed by atoms with Crippen LogP contribution in [0.1, 0.15) is 37.6 Å². The molecule has 4 rings (SSSR count). The fraction of sp³-hybridized carbons (Fsp3) is 0.364. The number of benzene rings is 1. The number of nitrogens with zero attached hydrogens (tertiary/aromatic N) is 5. The van der Waals surface area contributed by atoms with Crippen molar-refractivity contribution in [1.29, 1.82) is 0 Å². The summed E-state index contributed by atoms with van der Waals surface area (Å²) >= 11 is 0. The second-order valence-corrected chi connectivity index (χ2v) is 7.60. The zero-order chi connectivity index (χ0) is 20.3. The van der Waals surface area contributed by atoms with Gasteiger partial charge in [-0.2, -0.15) is 0 Å². The maximum Gasteiger partial charge on any atom is 0.250 e. The van der Waals surface area contributed by atoms with Crippen molar-refractivity contribution in [3.05, 3.63) is 66.5 Å². The third-order valence-electron chi connectivity index (χ3n) is 5.54. The lowest BCUT2D eigenvalue weighted by molar-refractivity contribution is -0.129. The molecule has 1 aliphatic heterocycles. The van der Waals surface area contributed by atoms with E-state index in [0.29, 0.717) is 11.6 Å².